The number of hydrogen-bond acceptors (Lipinski definition) is 4. The second-order valence-corrected chi connectivity index (χ2v) is 9.48. The highest BCUT2D eigenvalue weighted by molar-refractivity contribution is 5.77. The van der Waals surface area contributed by atoms with E-state index in [0.29, 0.717) is 36.0 Å². The summed E-state index contributed by atoms with van der Waals surface area (Å²) in [4.78, 5) is 11.3. The summed E-state index contributed by atoms with van der Waals surface area (Å²) in [7, 11) is 0. The summed E-state index contributed by atoms with van der Waals surface area (Å²) in [6.07, 6.45) is 7.09. The number of rotatable bonds is 5. The van der Waals surface area contributed by atoms with E-state index in [1.54, 1.807) is 0 Å². The zero-order valence-electron chi connectivity index (χ0n) is 16.9. The molecule has 0 spiro atoms. The second-order valence-electron chi connectivity index (χ2n) is 9.48. The van der Waals surface area contributed by atoms with Crippen molar-refractivity contribution in [2.24, 2.45) is 28.9 Å². The average Bonchev–Trinajstić information content (AvgIpc) is 2.95. The van der Waals surface area contributed by atoms with Crippen LogP contribution in [0.2, 0.25) is 0 Å². The summed E-state index contributed by atoms with van der Waals surface area (Å²) in [6.45, 7) is 2.99. The van der Waals surface area contributed by atoms with E-state index in [2.05, 4.69) is 18.3 Å². The Labute approximate surface area is 167 Å². The third-order valence-electron chi connectivity index (χ3n) is 8.09. The maximum atomic E-state index is 11.3. The fourth-order valence-electron chi connectivity index (χ4n) is 6.66. The van der Waals surface area contributed by atoms with Crippen molar-refractivity contribution in [3.05, 3.63) is 29.3 Å². The molecule has 2 saturated carbocycles. The molecule has 1 amide bonds. The number of nitrogens with two attached hydrogens (primary N) is 1. The van der Waals surface area contributed by atoms with E-state index in [-0.39, 0.29) is 24.0 Å². The van der Waals surface area contributed by atoms with Gasteiger partial charge in [0.05, 0.1) is 12.6 Å². The van der Waals surface area contributed by atoms with Crippen molar-refractivity contribution in [1.29, 1.82) is 0 Å². The number of phenols is 1. The fourth-order valence-corrected chi connectivity index (χ4v) is 6.66. The van der Waals surface area contributed by atoms with Gasteiger partial charge in [0.15, 0.2) is 0 Å². The lowest BCUT2D eigenvalue weighted by Gasteiger charge is -2.50. The molecule has 0 aromatic heterocycles. The van der Waals surface area contributed by atoms with Crippen LogP contribution in [0, 0.1) is 23.2 Å². The Balaban J connectivity index is 1.45. The van der Waals surface area contributed by atoms with E-state index in [1.165, 1.54) is 11.1 Å². The maximum Gasteiger partial charge on any atom is 0.233 e. The maximum absolute atomic E-state index is 11.3. The molecule has 0 bridgehead atoms. The normalized spacial score (nSPS) is 36.3. The largest absolute Gasteiger partial charge is 0.508 e. The highest BCUT2D eigenvalue weighted by Gasteiger charge is 2.57. The summed E-state index contributed by atoms with van der Waals surface area (Å²) in [5.74, 6) is 2.35. The first-order valence-electron chi connectivity index (χ1n) is 10.9. The van der Waals surface area contributed by atoms with Gasteiger partial charge in [-0.15, -0.1) is 0 Å². The van der Waals surface area contributed by atoms with E-state index >= 15 is 0 Å². The molecule has 5 nitrogen and oxygen atoms in total. The number of nitrogens with one attached hydrogen (secondary N) is 1. The summed E-state index contributed by atoms with van der Waals surface area (Å²) in [5, 5.41) is 23.8. The van der Waals surface area contributed by atoms with E-state index in [0.717, 1.165) is 44.9 Å². The van der Waals surface area contributed by atoms with Crippen molar-refractivity contribution >= 4 is 5.91 Å². The predicted octanol–water partition coefficient (Wildman–Crippen LogP) is 2.69. The third kappa shape index (κ3) is 3.33. The van der Waals surface area contributed by atoms with Crippen LogP contribution in [-0.4, -0.2) is 35.3 Å². The van der Waals surface area contributed by atoms with Gasteiger partial charge in [0.25, 0.3) is 0 Å². The smallest absolute Gasteiger partial charge is 0.233 e. The first-order valence-corrected chi connectivity index (χ1v) is 10.9. The molecule has 0 aliphatic heterocycles. The minimum Gasteiger partial charge on any atom is -0.508 e. The minimum atomic E-state index is -0.245. The molecule has 154 valence electrons. The van der Waals surface area contributed by atoms with Crippen LogP contribution in [0.5, 0.6) is 5.75 Å². The summed E-state index contributed by atoms with van der Waals surface area (Å²) >= 11 is 0. The van der Waals surface area contributed by atoms with Crippen LogP contribution in [-0.2, 0) is 11.2 Å². The van der Waals surface area contributed by atoms with Crippen molar-refractivity contribution in [3.63, 3.8) is 0 Å². The number of aliphatic hydroxyl groups is 1. The van der Waals surface area contributed by atoms with Crippen LogP contribution in [0.25, 0.3) is 0 Å². The molecule has 1 aromatic rings. The lowest BCUT2D eigenvalue weighted by Crippen LogP contribution is -2.44. The molecule has 5 heteroatoms. The van der Waals surface area contributed by atoms with E-state index < -0.39 is 0 Å². The molecule has 0 radical (unpaired) electrons. The Morgan fingerprint density at radius 1 is 1.36 bits per heavy atom. The van der Waals surface area contributed by atoms with Crippen molar-refractivity contribution in [3.8, 4) is 5.75 Å². The van der Waals surface area contributed by atoms with Gasteiger partial charge in [-0.25, -0.2) is 0 Å². The van der Waals surface area contributed by atoms with Gasteiger partial charge in [-0.1, -0.05) is 13.0 Å². The van der Waals surface area contributed by atoms with Gasteiger partial charge in [0, 0.05) is 6.54 Å². The lowest BCUT2D eigenvalue weighted by molar-refractivity contribution is -0.119. The first-order chi connectivity index (χ1) is 13.4. The molecule has 3 aliphatic rings. The number of benzene rings is 1. The number of aromatic hydroxyl groups is 1. The van der Waals surface area contributed by atoms with E-state index in [4.69, 9.17) is 5.73 Å². The number of aliphatic hydroxyl groups excluding tert-OH is 1. The molecule has 3 aliphatic carbocycles. The van der Waals surface area contributed by atoms with Gasteiger partial charge >= 0.3 is 0 Å². The molecule has 0 saturated heterocycles. The molecule has 6 atom stereocenters. The van der Waals surface area contributed by atoms with Crippen LogP contribution in [0.4, 0.5) is 0 Å². The topological polar surface area (TPSA) is 95.6 Å². The van der Waals surface area contributed by atoms with Crippen LogP contribution in [0.15, 0.2) is 18.2 Å². The number of aryl methyl sites for hydroxylation is 1. The Morgan fingerprint density at radius 3 is 2.96 bits per heavy atom. The molecule has 1 aromatic carbocycles. The number of carbonyl (C=O) groups is 1. The molecule has 4 rings (SSSR count). The van der Waals surface area contributed by atoms with Crippen molar-refractivity contribution in [1.82, 2.24) is 5.32 Å². The van der Waals surface area contributed by atoms with Crippen LogP contribution in [0.3, 0.4) is 0 Å². The number of phenolic OH excluding ortho intramolecular Hbond substituents is 1. The van der Waals surface area contributed by atoms with E-state index in [9.17, 15) is 15.0 Å². The van der Waals surface area contributed by atoms with Crippen molar-refractivity contribution in [2.75, 3.05) is 13.1 Å². The quantitative estimate of drug-likeness (QED) is 0.585. The second kappa shape index (κ2) is 7.68. The number of carbonyl (C=O) groups excluding carboxylic acids is 1. The van der Waals surface area contributed by atoms with Gasteiger partial charge in [-0.05, 0) is 97.3 Å². The molecular weight excluding hydrogens is 352 g/mol. The highest BCUT2D eigenvalue weighted by atomic mass is 16.3. The Hall–Kier alpha value is -1.59. The van der Waals surface area contributed by atoms with Crippen LogP contribution < -0.4 is 11.1 Å². The third-order valence-corrected chi connectivity index (χ3v) is 8.09. The molecule has 28 heavy (non-hydrogen) atoms. The minimum absolute atomic E-state index is 0.0146. The summed E-state index contributed by atoms with van der Waals surface area (Å²) in [6, 6.07) is 5.91. The Morgan fingerprint density at radius 2 is 2.18 bits per heavy atom. The van der Waals surface area contributed by atoms with Crippen molar-refractivity contribution in [2.45, 2.75) is 63.9 Å². The van der Waals surface area contributed by atoms with Gasteiger partial charge in [-0.2, -0.15) is 0 Å². The zero-order chi connectivity index (χ0) is 19.9. The summed E-state index contributed by atoms with van der Waals surface area (Å²) in [5.41, 5.74) is 8.09. The van der Waals surface area contributed by atoms with Gasteiger partial charge in [0.1, 0.15) is 5.75 Å². The number of hydrogen-bond donors (Lipinski definition) is 4. The van der Waals surface area contributed by atoms with Crippen LogP contribution >= 0.6 is 0 Å². The number of amides is 1. The van der Waals surface area contributed by atoms with E-state index in [1.807, 2.05) is 12.1 Å². The standard InChI is InChI=1S/C23H34N2O3/c1-23-9-8-18-17-7-5-16(26)11-14(17)4-6-19(18)20(23)12-15(22(23)28)3-2-10-25-21(27)13-24/h5,7,11,15,18-20,22,26,28H,2-4,6,8-10,12-13,24H2,1H3,(H,25,27)/t15-,18+,19+,20-,22-,23-/m0/s1. The predicted molar refractivity (Wildman–Crippen MR) is 109 cm³/mol. The van der Waals surface area contributed by atoms with Crippen LogP contribution in [0.1, 0.15) is 62.5 Å². The molecule has 2 fully saturated rings. The Kier molecular flexibility index (Phi) is 5.41. The monoisotopic (exact) mass is 386 g/mol. The molecule has 0 unspecified atom stereocenters. The highest BCUT2D eigenvalue weighted by Crippen LogP contribution is 2.62. The first kappa shape index (κ1) is 19.7. The summed E-state index contributed by atoms with van der Waals surface area (Å²) < 4.78 is 0. The molecule has 0 heterocycles. The van der Waals surface area contributed by atoms with Crippen molar-refractivity contribution < 1.29 is 15.0 Å². The van der Waals surface area contributed by atoms with Gasteiger partial charge in [0.2, 0.25) is 5.91 Å². The number of fused-ring (bicyclic) bond motifs is 5. The SMILES string of the molecule is C[C@]12CC[C@@H]3c4ccc(O)cc4CC[C@H]3[C@@H]1C[C@H](CCCNC(=O)CN)[C@@H]2O. The van der Waals surface area contributed by atoms with Gasteiger partial charge < -0.3 is 21.3 Å². The molecule has 5 N–H and O–H groups in total. The Bertz CT molecular complexity index is 737. The zero-order valence-corrected chi connectivity index (χ0v) is 16.9. The lowest BCUT2D eigenvalue weighted by atomic mass is 9.55. The molecular formula is C23H34N2O3. The van der Waals surface area contributed by atoms with Gasteiger partial charge in [-0.3, -0.25) is 4.79 Å². The fraction of sp³-hybridized carbons (Fsp3) is 0.696. The average molecular weight is 387 g/mol.